The smallest absolute Gasteiger partial charge is 0.273 e. The third-order valence-electron chi connectivity index (χ3n) is 2.76. The topological polar surface area (TPSA) is 56.7 Å². The van der Waals surface area contributed by atoms with Crippen molar-refractivity contribution in [3.8, 4) is 11.8 Å². The van der Waals surface area contributed by atoms with E-state index >= 15 is 0 Å². The van der Waals surface area contributed by atoms with Crippen LogP contribution in [0.1, 0.15) is 22.5 Å². The van der Waals surface area contributed by atoms with E-state index in [-0.39, 0.29) is 12.5 Å². The number of carbonyl (C=O) groups is 1. The standard InChI is InChI=1S/C15H21N3O2/c1-17(2)10-6-11-18(3)15(20)14-13(8-5-12-19)7-4-9-16-14/h4,7,9,19H,6,10-12H2,1-3H3. The summed E-state index contributed by atoms with van der Waals surface area (Å²) in [7, 11) is 5.77. The minimum absolute atomic E-state index is 0.147. The molecule has 0 aliphatic carbocycles. The Morgan fingerprint density at radius 3 is 2.75 bits per heavy atom. The predicted molar refractivity (Wildman–Crippen MR) is 78.3 cm³/mol. The summed E-state index contributed by atoms with van der Waals surface area (Å²) in [5.74, 6) is 5.15. The van der Waals surface area contributed by atoms with Crippen molar-refractivity contribution in [3.05, 3.63) is 29.6 Å². The third-order valence-corrected chi connectivity index (χ3v) is 2.76. The highest BCUT2D eigenvalue weighted by atomic mass is 16.2. The van der Waals surface area contributed by atoms with Crippen molar-refractivity contribution in [1.82, 2.24) is 14.8 Å². The summed E-state index contributed by atoms with van der Waals surface area (Å²) >= 11 is 0. The van der Waals surface area contributed by atoms with Gasteiger partial charge in [0.25, 0.3) is 5.91 Å². The molecular weight excluding hydrogens is 254 g/mol. The molecule has 1 aromatic heterocycles. The summed E-state index contributed by atoms with van der Waals surface area (Å²) < 4.78 is 0. The lowest BCUT2D eigenvalue weighted by Gasteiger charge is -2.18. The lowest BCUT2D eigenvalue weighted by Crippen LogP contribution is -2.30. The van der Waals surface area contributed by atoms with Crippen LogP contribution in [0.2, 0.25) is 0 Å². The molecule has 1 aromatic rings. The van der Waals surface area contributed by atoms with Gasteiger partial charge in [-0.05, 0) is 39.2 Å². The van der Waals surface area contributed by atoms with E-state index in [1.165, 1.54) is 0 Å². The maximum atomic E-state index is 12.3. The number of hydrogen-bond donors (Lipinski definition) is 1. The maximum Gasteiger partial charge on any atom is 0.273 e. The first-order chi connectivity index (χ1) is 9.56. The van der Waals surface area contributed by atoms with E-state index in [1.54, 1.807) is 30.3 Å². The Labute approximate surface area is 120 Å². The number of aliphatic hydroxyl groups is 1. The van der Waals surface area contributed by atoms with Crippen molar-refractivity contribution in [3.63, 3.8) is 0 Å². The van der Waals surface area contributed by atoms with Crippen molar-refractivity contribution in [1.29, 1.82) is 0 Å². The molecule has 0 aliphatic rings. The summed E-state index contributed by atoms with van der Waals surface area (Å²) in [5, 5.41) is 8.74. The molecule has 1 N–H and O–H groups in total. The largest absolute Gasteiger partial charge is 0.384 e. The Morgan fingerprint density at radius 2 is 2.10 bits per heavy atom. The van der Waals surface area contributed by atoms with Gasteiger partial charge in [0.2, 0.25) is 0 Å². The monoisotopic (exact) mass is 275 g/mol. The van der Waals surface area contributed by atoms with Crippen molar-refractivity contribution < 1.29 is 9.90 Å². The first-order valence-corrected chi connectivity index (χ1v) is 6.51. The summed E-state index contributed by atoms with van der Waals surface area (Å²) in [6.45, 7) is 1.36. The molecule has 5 heteroatoms. The van der Waals surface area contributed by atoms with Crippen molar-refractivity contribution in [2.24, 2.45) is 0 Å². The van der Waals surface area contributed by atoms with Crippen LogP contribution in [-0.2, 0) is 0 Å². The van der Waals surface area contributed by atoms with Gasteiger partial charge in [0.1, 0.15) is 12.3 Å². The highest BCUT2D eigenvalue weighted by Crippen LogP contribution is 2.07. The van der Waals surface area contributed by atoms with Crippen LogP contribution >= 0.6 is 0 Å². The molecule has 1 amide bonds. The average Bonchev–Trinajstić information content (AvgIpc) is 2.44. The second-order valence-electron chi connectivity index (χ2n) is 4.74. The zero-order valence-corrected chi connectivity index (χ0v) is 12.3. The van der Waals surface area contributed by atoms with Gasteiger partial charge in [-0.3, -0.25) is 4.79 Å². The molecule has 5 nitrogen and oxygen atoms in total. The molecule has 108 valence electrons. The number of amides is 1. The summed E-state index contributed by atoms with van der Waals surface area (Å²) in [4.78, 5) is 20.2. The van der Waals surface area contributed by atoms with Crippen LogP contribution in [0.15, 0.2) is 18.3 Å². The molecule has 0 aliphatic heterocycles. The van der Waals surface area contributed by atoms with Crippen LogP contribution in [0.5, 0.6) is 0 Å². The Bertz CT molecular complexity index is 503. The van der Waals surface area contributed by atoms with Crippen LogP contribution in [0.3, 0.4) is 0 Å². The lowest BCUT2D eigenvalue weighted by molar-refractivity contribution is 0.0784. The van der Waals surface area contributed by atoms with Crippen LogP contribution in [-0.4, -0.2) is 66.6 Å². The van der Waals surface area contributed by atoms with Gasteiger partial charge in [0.15, 0.2) is 0 Å². The number of pyridine rings is 1. The SMILES string of the molecule is CN(C)CCCN(C)C(=O)c1ncccc1C#CCO. The fourth-order valence-electron chi connectivity index (χ4n) is 1.72. The van der Waals surface area contributed by atoms with Crippen molar-refractivity contribution >= 4 is 5.91 Å². The normalized spacial score (nSPS) is 10.1. The first-order valence-electron chi connectivity index (χ1n) is 6.51. The molecule has 0 fully saturated rings. The molecule has 0 unspecified atom stereocenters. The number of aromatic nitrogens is 1. The van der Waals surface area contributed by atoms with E-state index in [9.17, 15) is 4.79 Å². The summed E-state index contributed by atoms with van der Waals surface area (Å²) in [6.07, 6.45) is 2.48. The molecule has 1 heterocycles. The first kappa shape index (κ1) is 16.2. The van der Waals surface area contributed by atoms with E-state index in [1.807, 2.05) is 14.1 Å². The van der Waals surface area contributed by atoms with E-state index in [4.69, 9.17) is 5.11 Å². The fourth-order valence-corrected chi connectivity index (χ4v) is 1.72. The number of hydrogen-bond acceptors (Lipinski definition) is 4. The molecule has 0 saturated carbocycles. The summed E-state index contributed by atoms with van der Waals surface area (Å²) in [6, 6.07) is 3.46. The minimum Gasteiger partial charge on any atom is -0.384 e. The molecule has 0 saturated heterocycles. The Morgan fingerprint density at radius 1 is 1.35 bits per heavy atom. The quantitative estimate of drug-likeness (QED) is 0.793. The molecule has 0 aromatic carbocycles. The van der Waals surface area contributed by atoms with Crippen LogP contribution < -0.4 is 0 Å². The highest BCUT2D eigenvalue weighted by molar-refractivity contribution is 5.94. The van der Waals surface area contributed by atoms with Gasteiger partial charge in [-0.2, -0.15) is 0 Å². The van der Waals surface area contributed by atoms with E-state index in [2.05, 4.69) is 21.7 Å². The lowest BCUT2D eigenvalue weighted by atomic mass is 10.1. The molecule has 0 radical (unpaired) electrons. The minimum atomic E-state index is -0.235. The third kappa shape index (κ3) is 5.00. The maximum absolute atomic E-state index is 12.3. The predicted octanol–water partition coefficient (Wildman–Crippen LogP) is 0.449. The van der Waals surface area contributed by atoms with Gasteiger partial charge in [-0.25, -0.2) is 4.98 Å². The Balaban J connectivity index is 2.76. The zero-order valence-electron chi connectivity index (χ0n) is 12.3. The van der Waals surface area contributed by atoms with Gasteiger partial charge in [0.05, 0.1) is 5.56 Å². The van der Waals surface area contributed by atoms with E-state index in [0.29, 0.717) is 17.8 Å². The molecule has 0 spiro atoms. The van der Waals surface area contributed by atoms with Crippen molar-refractivity contribution in [2.45, 2.75) is 6.42 Å². The average molecular weight is 275 g/mol. The second kappa shape index (κ2) is 8.31. The molecule has 20 heavy (non-hydrogen) atoms. The van der Waals surface area contributed by atoms with Gasteiger partial charge in [-0.15, -0.1) is 0 Å². The van der Waals surface area contributed by atoms with Crippen LogP contribution in [0.25, 0.3) is 0 Å². The summed E-state index contributed by atoms with van der Waals surface area (Å²) in [5.41, 5.74) is 0.881. The van der Waals surface area contributed by atoms with E-state index < -0.39 is 0 Å². The zero-order chi connectivity index (χ0) is 15.0. The fraction of sp³-hybridized carbons (Fsp3) is 0.467. The van der Waals surface area contributed by atoms with Gasteiger partial charge in [-0.1, -0.05) is 11.8 Å². The van der Waals surface area contributed by atoms with Crippen LogP contribution in [0.4, 0.5) is 0 Å². The number of nitrogens with zero attached hydrogens (tertiary/aromatic N) is 3. The molecule has 1 rings (SSSR count). The number of rotatable bonds is 5. The van der Waals surface area contributed by atoms with Gasteiger partial charge >= 0.3 is 0 Å². The van der Waals surface area contributed by atoms with E-state index in [0.717, 1.165) is 13.0 Å². The van der Waals surface area contributed by atoms with Gasteiger partial charge in [0, 0.05) is 19.8 Å². The second-order valence-corrected chi connectivity index (χ2v) is 4.74. The Hall–Kier alpha value is -1.90. The Kier molecular flexibility index (Phi) is 6.71. The number of aliphatic hydroxyl groups excluding tert-OH is 1. The number of carbonyl (C=O) groups excluding carboxylic acids is 1. The van der Waals surface area contributed by atoms with Crippen LogP contribution in [0, 0.1) is 11.8 Å². The molecule has 0 atom stereocenters. The molecular formula is C15H21N3O2. The van der Waals surface area contributed by atoms with Gasteiger partial charge < -0.3 is 14.9 Å². The van der Waals surface area contributed by atoms with Crippen molar-refractivity contribution in [2.75, 3.05) is 40.8 Å². The highest BCUT2D eigenvalue weighted by Gasteiger charge is 2.15. The molecule has 0 bridgehead atoms.